The first-order chi connectivity index (χ1) is 65.6. The van der Waals surface area contributed by atoms with Gasteiger partial charge in [-0.15, -0.1) is 0 Å². The summed E-state index contributed by atoms with van der Waals surface area (Å²) in [6.45, 7) is 20.8. The number of carbonyl (C=O) groups is 5. The van der Waals surface area contributed by atoms with E-state index in [4.69, 9.17) is 24.3 Å². The Kier molecular flexibility index (Phi) is 26.3. The third kappa shape index (κ3) is 17.3. The molecule has 136 heavy (non-hydrogen) atoms. The van der Waals surface area contributed by atoms with Crippen LogP contribution in [0.2, 0.25) is 0 Å². The molecular formula is C121H95NO14. The highest BCUT2D eigenvalue weighted by atomic mass is 16.4. The summed E-state index contributed by atoms with van der Waals surface area (Å²) in [4.78, 5) is 92.4. The number of fused-ring (bicyclic) bond motifs is 20. The maximum atomic E-state index is 11.9. The molecule has 4 atom stereocenters. The van der Waals surface area contributed by atoms with Crippen molar-refractivity contribution < 1.29 is 68.7 Å². The lowest BCUT2D eigenvalue weighted by Gasteiger charge is -2.34. The molecule has 5 N–H and O–H groups in total. The Morgan fingerprint density at radius 3 is 0.926 bits per heavy atom. The van der Waals surface area contributed by atoms with Gasteiger partial charge in [-0.2, -0.15) is 19.2 Å². The Morgan fingerprint density at radius 1 is 0.257 bits per heavy atom. The van der Waals surface area contributed by atoms with E-state index in [1.165, 1.54) is 116 Å². The highest BCUT2D eigenvalue weighted by molar-refractivity contribution is 6.10. The minimum atomic E-state index is -0.918. The van der Waals surface area contributed by atoms with Gasteiger partial charge < -0.3 is 30.4 Å². The average molecular weight is 1790 g/mol. The molecule has 0 aromatic heterocycles. The monoisotopic (exact) mass is 1790 g/mol. The third-order valence-corrected chi connectivity index (χ3v) is 26.4. The van der Waals surface area contributed by atoms with E-state index in [1.807, 2.05) is 105 Å². The van der Waals surface area contributed by atoms with Gasteiger partial charge in [0.25, 0.3) is 0 Å². The molecule has 0 heterocycles. The Balaban J connectivity index is 0.000000123. The highest BCUT2D eigenvalue weighted by Crippen LogP contribution is 2.60. The number of carbonyl (C=O) groups excluding carboxylic acids is 4. The number of aryl methyl sites for hydroxylation is 10. The number of benzene rings is 18. The van der Waals surface area contributed by atoms with Gasteiger partial charge in [0.2, 0.25) is 0 Å². The summed E-state index contributed by atoms with van der Waals surface area (Å²) in [5, 5.41) is 57.2. The molecule has 0 aliphatic heterocycles. The van der Waals surface area contributed by atoms with Crippen molar-refractivity contribution >= 4 is 102 Å². The van der Waals surface area contributed by atoms with Crippen LogP contribution in [0.5, 0.6) is 0 Å². The van der Waals surface area contributed by atoms with Crippen LogP contribution in [0.15, 0.2) is 346 Å². The summed E-state index contributed by atoms with van der Waals surface area (Å²) in [5.41, 5.74) is 36.7. The van der Waals surface area contributed by atoms with Crippen molar-refractivity contribution in [1.82, 2.24) is 0 Å². The Labute approximate surface area is 787 Å². The summed E-state index contributed by atoms with van der Waals surface area (Å²) >= 11 is 0. The lowest BCUT2D eigenvalue weighted by atomic mass is 9.67. The molecule has 22 rings (SSSR count). The minimum absolute atomic E-state index is 0.121. The van der Waals surface area contributed by atoms with E-state index < -0.39 is 47.1 Å². The normalized spacial score (nSPS) is 14.1. The fourth-order valence-electron chi connectivity index (χ4n) is 20.4. The molecule has 18 aromatic carbocycles. The van der Waals surface area contributed by atoms with E-state index in [0.29, 0.717) is 11.1 Å². The number of hydrogen-bond donors (Lipinski definition) is 5. The largest absolute Gasteiger partial charge is 0.481 e. The molecule has 0 bridgehead atoms. The van der Waals surface area contributed by atoms with E-state index in [-0.39, 0.29) is 23.8 Å². The predicted molar refractivity (Wildman–Crippen MR) is 535 cm³/mol. The van der Waals surface area contributed by atoms with E-state index >= 15 is 0 Å². The topological polar surface area (TPSA) is 258 Å². The number of carboxylic acids is 5. The summed E-state index contributed by atoms with van der Waals surface area (Å²) in [6, 6.07) is 117. The summed E-state index contributed by atoms with van der Waals surface area (Å²) < 4.78 is 0. The van der Waals surface area contributed by atoms with Crippen LogP contribution < -0.4 is 4.90 Å². The number of rotatable bonds is 11. The first-order valence-electron chi connectivity index (χ1n) is 44.6. The van der Waals surface area contributed by atoms with Crippen LogP contribution in [0.4, 0.5) is 17.1 Å². The lowest BCUT2D eigenvalue weighted by Crippen LogP contribution is -2.29. The van der Waals surface area contributed by atoms with E-state index in [0.717, 1.165) is 106 Å². The molecule has 15 nitrogen and oxygen atoms in total. The van der Waals surface area contributed by atoms with Gasteiger partial charge in [-0.3, -0.25) is 9.59 Å². The van der Waals surface area contributed by atoms with Gasteiger partial charge in [0.1, 0.15) is 11.8 Å². The SMILES string of the molecule is Cc1ccc(N(c2ccc(C)cc2)c2ccc(C(=O)O)cc2)cc1.Cc1ccc2c(c1)C(C(=O)O)c1cc(C)c3ccccc3c1-2.Cc1ccc2c(c1)C(C(=O)O)c1cc(C)c3ccccc3c1-2.Cc1ccc2c(c1)C(c1ccc(C(=O)O)cc1)c1cc(C)c3ccccc3c1-2.Cc1ccc2c(c1)C(c1ccccc1)(c1ccc(C(=O)O)cc1)c1cc(C)c3ccccc3c1-2.O=C=O.O=C=O. The van der Waals surface area contributed by atoms with Crippen molar-refractivity contribution in [3.05, 3.63) is 479 Å². The second-order valence-electron chi connectivity index (χ2n) is 35.0. The predicted octanol–water partition coefficient (Wildman–Crippen LogP) is 27.4. The molecule has 0 fully saturated rings. The summed E-state index contributed by atoms with van der Waals surface area (Å²) in [7, 11) is 0. The van der Waals surface area contributed by atoms with Crippen LogP contribution in [0.25, 0.3) is 87.6 Å². The van der Waals surface area contributed by atoms with Crippen LogP contribution in [0, 0.1) is 69.2 Å². The van der Waals surface area contributed by atoms with Gasteiger partial charge in [0.15, 0.2) is 0 Å². The molecule has 4 aliphatic rings. The molecule has 0 spiro atoms. The first-order valence-corrected chi connectivity index (χ1v) is 44.6. The van der Waals surface area contributed by atoms with Gasteiger partial charge in [0.05, 0.1) is 22.1 Å². The molecular weight excluding hydrogens is 1690 g/mol. The fourth-order valence-corrected chi connectivity index (χ4v) is 20.4. The number of hydrogen-bond acceptors (Lipinski definition) is 10. The Hall–Kier alpha value is -17.1. The van der Waals surface area contributed by atoms with E-state index in [2.05, 4.69) is 279 Å². The van der Waals surface area contributed by atoms with E-state index in [9.17, 15) is 44.4 Å². The van der Waals surface area contributed by atoms with Gasteiger partial charge in [0, 0.05) is 23.0 Å². The number of nitrogens with zero attached hydrogens (tertiary/aromatic N) is 1. The van der Waals surface area contributed by atoms with Gasteiger partial charge >= 0.3 is 42.1 Å². The zero-order chi connectivity index (χ0) is 96.2. The highest BCUT2D eigenvalue weighted by Gasteiger charge is 2.48. The van der Waals surface area contributed by atoms with E-state index in [1.54, 1.807) is 36.4 Å². The van der Waals surface area contributed by atoms with Crippen molar-refractivity contribution in [3.8, 4) is 44.5 Å². The Morgan fingerprint density at radius 2 is 0.544 bits per heavy atom. The molecule has 0 amide bonds. The third-order valence-electron chi connectivity index (χ3n) is 26.4. The lowest BCUT2D eigenvalue weighted by molar-refractivity contribution is -0.193. The zero-order valence-electron chi connectivity index (χ0n) is 76.5. The van der Waals surface area contributed by atoms with Crippen LogP contribution in [-0.4, -0.2) is 67.7 Å². The van der Waals surface area contributed by atoms with Gasteiger partial charge in [-0.25, -0.2) is 14.4 Å². The van der Waals surface area contributed by atoms with Crippen molar-refractivity contribution in [2.75, 3.05) is 4.90 Å². The van der Waals surface area contributed by atoms with Crippen molar-refractivity contribution in [1.29, 1.82) is 0 Å². The van der Waals surface area contributed by atoms with Crippen LogP contribution >= 0.6 is 0 Å². The van der Waals surface area contributed by atoms with Crippen molar-refractivity contribution in [2.24, 2.45) is 0 Å². The summed E-state index contributed by atoms with van der Waals surface area (Å²) in [6.07, 6.45) is 0.500. The Bertz CT molecular complexity index is 7650. The molecule has 0 saturated heterocycles. The maximum Gasteiger partial charge on any atom is 0.373 e. The number of aliphatic carboxylic acids is 2. The quantitative estimate of drug-likeness (QED) is 0.0807. The average Bonchev–Trinajstić information content (AvgIpc) is 1.52. The molecule has 668 valence electrons. The number of aromatic carboxylic acids is 3. The molecule has 15 heteroatoms. The second kappa shape index (κ2) is 38.8. The standard InChI is InChI=1S/C32H24O2.C26H20O2.C21H19NO2.2C20H16O2.2CO2/c1-20-12-17-27-28(18-20)32(23-8-4-3-5-9-23,24-15-13-22(14-16-24)31(33)34)29-19-21(2)25-10-6-7-11-26(25)30(27)29;1-15-7-12-21-22(13-15)24(17-8-10-18(11-9-17)26(27)28)23-14-16(2)19-5-3-4-6-20(19)25(21)23;1-15-3-9-18(10-4-15)22(19-11-5-16(2)6-12-19)20-13-7-17(8-14-20)21(23)24;2*1-11-7-8-15-16(9-11)19(20(21)22)17-10-12(2)13-5-3-4-6-14(13)18(15)17;2*2-1-3/h3-19H,1-2H3,(H,33,34);3-14,24H,1-2H3,(H,27,28);3-14H,1-2H3,(H,23,24);2*3-10,19H,1-2H3,(H,21,22);;. The van der Waals surface area contributed by atoms with Crippen molar-refractivity contribution in [3.63, 3.8) is 0 Å². The summed E-state index contributed by atoms with van der Waals surface area (Å²) in [5.74, 6) is -5.28. The van der Waals surface area contributed by atoms with Crippen LogP contribution in [0.3, 0.4) is 0 Å². The van der Waals surface area contributed by atoms with Crippen LogP contribution in [-0.2, 0) is 34.2 Å². The molecule has 4 unspecified atom stereocenters. The number of anilines is 3. The van der Waals surface area contributed by atoms with Gasteiger partial charge in [-0.05, 0) is 313 Å². The molecule has 0 saturated carbocycles. The minimum Gasteiger partial charge on any atom is -0.481 e. The molecule has 18 aromatic rings. The zero-order valence-corrected chi connectivity index (χ0v) is 76.5. The molecule has 0 radical (unpaired) electrons. The fraction of sp³-hybridized carbons (Fsp3) is 0.116. The molecule has 4 aliphatic carbocycles. The van der Waals surface area contributed by atoms with Crippen molar-refractivity contribution in [2.45, 2.75) is 92.4 Å². The smallest absolute Gasteiger partial charge is 0.373 e. The first kappa shape index (κ1) is 92.2. The van der Waals surface area contributed by atoms with Gasteiger partial charge in [-0.1, -0.05) is 306 Å². The second-order valence-corrected chi connectivity index (χ2v) is 35.0. The maximum absolute atomic E-state index is 11.9. The number of carboxylic acid groups (broad SMARTS) is 5. The van der Waals surface area contributed by atoms with Crippen LogP contribution in [0.1, 0.15) is 166 Å².